The number of halogens is 2. The van der Waals surface area contributed by atoms with E-state index in [2.05, 4.69) is 25.4 Å². The SMILES string of the molecule is CC(C)(C)n1cc(NC(=O)c2cnn3ccc(N4CC5(COC5)C4)nc23)c(C(F)F)n1. The molecule has 0 unspecified atom stereocenters. The van der Waals surface area contributed by atoms with E-state index in [1.54, 1.807) is 6.20 Å². The Kier molecular flexibility index (Phi) is 4.30. The molecule has 31 heavy (non-hydrogen) atoms. The van der Waals surface area contributed by atoms with Crippen LogP contribution in [-0.4, -0.2) is 56.6 Å². The molecule has 2 aliphatic rings. The fourth-order valence-corrected chi connectivity index (χ4v) is 3.87. The number of hydrogen-bond acceptors (Lipinski definition) is 6. The maximum Gasteiger partial charge on any atom is 0.284 e. The standard InChI is InChI=1S/C20H23F2N7O2/c1-19(2,3)29-7-13(15(26-29)16(21)22)24-18(30)12-6-23-28-5-4-14(25-17(12)28)27-8-20(9-27)10-31-11-20/h4-7,16H,8-11H2,1-3H3,(H,24,30). The van der Waals surface area contributed by atoms with Crippen molar-refractivity contribution in [1.82, 2.24) is 24.4 Å². The van der Waals surface area contributed by atoms with Crippen LogP contribution in [0, 0.1) is 5.41 Å². The molecule has 1 amide bonds. The van der Waals surface area contributed by atoms with Crippen LogP contribution in [0.4, 0.5) is 20.3 Å². The zero-order chi connectivity index (χ0) is 22.0. The van der Waals surface area contributed by atoms with Gasteiger partial charge in [-0.3, -0.25) is 9.48 Å². The second-order valence-corrected chi connectivity index (χ2v) is 9.26. The van der Waals surface area contributed by atoms with E-state index in [1.165, 1.54) is 21.6 Å². The number of nitrogens with one attached hydrogen (secondary N) is 1. The Morgan fingerprint density at radius 2 is 2.03 bits per heavy atom. The summed E-state index contributed by atoms with van der Waals surface area (Å²) in [6.45, 7) is 8.76. The van der Waals surface area contributed by atoms with E-state index in [9.17, 15) is 13.6 Å². The van der Waals surface area contributed by atoms with E-state index < -0.39 is 23.6 Å². The molecule has 0 radical (unpaired) electrons. The highest BCUT2D eigenvalue weighted by atomic mass is 19.3. The van der Waals surface area contributed by atoms with Gasteiger partial charge in [0.25, 0.3) is 12.3 Å². The van der Waals surface area contributed by atoms with Gasteiger partial charge >= 0.3 is 0 Å². The molecule has 9 nitrogen and oxygen atoms in total. The molecule has 11 heteroatoms. The van der Waals surface area contributed by atoms with Crippen LogP contribution in [0.2, 0.25) is 0 Å². The van der Waals surface area contributed by atoms with Crippen molar-refractivity contribution in [3.8, 4) is 0 Å². The number of ether oxygens (including phenoxy) is 1. The molecule has 1 spiro atoms. The first-order valence-corrected chi connectivity index (χ1v) is 10.0. The molecule has 5 rings (SSSR count). The summed E-state index contributed by atoms with van der Waals surface area (Å²) < 4.78 is 35.2. The number of nitrogens with zero attached hydrogens (tertiary/aromatic N) is 6. The number of hydrogen-bond donors (Lipinski definition) is 1. The first kappa shape index (κ1) is 19.9. The lowest BCUT2D eigenvalue weighted by Gasteiger charge is -2.55. The molecule has 3 aromatic rings. The summed E-state index contributed by atoms with van der Waals surface area (Å²) in [5, 5.41) is 10.7. The van der Waals surface area contributed by atoms with E-state index in [4.69, 9.17) is 4.74 Å². The number of amides is 1. The Morgan fingerprint density at radius 1 is 1.29 bits per heavy atom. The van der Waals surface area contributed by atoms with Crippen LogP contribution in [0.15, 0.2) is 24.7 Å². The fraction of sp³-hybridized carbons (Fsp3) is 0.500. The third kappa shape index (κ3) is 3.32. The van der Waals surface area contributed by atoms with Gasteiger partial charge in [-0.1, -0.05) is 0 Å². The maximum atomic E-state index is 13.5. The number of alkyl halides is 2. The Morgan fingerprint density at radius 3 is 2.65 bits per heavy atom. The van der Waals surface area contributed by atoms with Gasteiger partial charge in [-0.15, -0.1) is 0 Å². The summed E-state index contributed by atoms with van der Waals surface area (Å²) in [5.74, 6) is 0.177. The molecular weight excluding hydrogens is 408 g/mol. The summed E-state index contributed by atoms with van der Waals surface area (Å²) in [6, 6.07) is 1.84. The van der Waals surface area contributed by atoms with Crippen LogP contribution in [0.25, 0.3) is 5.65 Å². The third-order valence-corrected chi connectivity index (χ3v) is 5.68. The second-order valence-electron chi connectivity index (χ2n) is 9.26. The molecule has 164 valence electrons. The number of carbonyl (C=O) groups excluding carboxylic acids is 1. The van der Waals surface area contributed by atoms with Gasteiger partial charge in [-0.2, -0.15) is 10.2 Å². The lowest BCUT2D eigenvalue weighted by Crippen LogP contribution is -2.66. The third-order valence-electron chi connectivity index (χ3n) is 5.68. The summed E-state index contributed by atoms with van der Waals surface area (Å²) in [5.41, 5.74) is -0.210. The van der Waals surface area contributed by atoms with Crippen molar-refractivity contribution >= 4 is 23.1 Å². The number of anilines is 2. The van der Waals surface area contributed by atoms with Gasteiger partial charge in [0.05, 0.1) is 36.1 Å². The number of carbonyl (C=O) groups is 1. The van der Waals surface area contributed by atoms with Crippen molar-refractivity contribution in [3.63, 3.8) is 0 Å². The molecule has 0 saturated carbocycles. The van der Waals surface area contributed by atoms with E-state index in [-0.39, 0.29) is 16.7 Å². The van der Waals surface area contributed by atoms with Gasteiger partial charge < -0.3 is 15.0 Å². The number of rotatable bonds is 4. The average molecular weight is 431 g/mol. The number of fused-ring (bicyclic) bond motifs is 1. The smallest absolute Gasteiger partial charge is 0.284 e. The minimum absolute atomic E-state index is 0.0277. The highest BCUT2D eigenvalue weighted by Crippen LogP contribution is 2.39. The molecule has 2 fully saturated rings. The van der Waals surface area contributed by atoms with Gasteiger partial charge in [0.2, 0.25) is 0 Å². The highest BCUT2D eigenvalue weighted by molar-refractivity contribution is 6.08. The fourth-order valence-electron chi connectivity index (χ4n) is 3.87. The van der Waals surface area contributed by atoms with Crippen LogP contribution in [0.5, 0.6) is 0 Å². The minimum Gasteiger partial charge on any atom is -0.380 e. The maximum absolute atomic E-state index is 13.5. The Balaban J connectivity index is 1.41. The van der Waals surface area contributed by atoms with Crippen LogP contribution in [-0.2, 0) is 10.3 Å². The summed E-state index contributed by atoms with van der Waals surface area (Å²) in [7, 11) is 0. The van der Waals surface area contributed by atoms with Crippen molar-refractivity contribution in [2.24, 2.45) is 5.41 Å². The summed E-state index contributed by atoms with van der Waals surface area (Å²) >= 11 is 0. The van der Waals surface area contributed by atoms with Crippen LogP contribution < -0.4 is 10.2 Å². The minimum atomic E-state index is -2.82. The van der Waals surface area contributed by atoms with E-state index >= 15 is 0 Å². The molecule has 3 aromatic heterocycles. The zero-order valence-electron chi connectivity index (χ0n) is 17.5. The molecule has 2 aliphatic heterocycles. The predicted octanol–water partition coefficient (Wildman–Crippen LogP) is 2.71. The highest BCUT2D eigenvalue weighted by Gasteiger charge is 2.49. The monoisotopic (exact) mass is 431 g/mol. The molecule has 0 atom stereocenters. The first-order valence-electron chi connectivity index (χ1n) is 10.0. The average Bonchev–Trinajstić information content (AvgIpc) is 3.23. The van der Waals surface area contributed by atoms with Crippen LogP contribution in [0.1, 0.15) is 43.2 Å². The first-order chi connectivity index (χ1) is 14.7. The summed E-state index contributed by atoms with van der Waals surface area (Å²) in [6.07, 6.45) is 1.72. The lowest BCUT2D eigenvalue weighted by atomic mass is 9.78. The van der Waals surface area contributed by atoms with Gasteiger partial charge in [0.15, 0.2) is 11.3 Å². The summed E-state index contributed by atoms with van der Waals surface area (Å²) in [4.78, 5) is 19.7. The second kappa shape index (κ2) is 6.71. The van der Waals surface area contributed by atoms with E-state index in [0.717, 1.165) is 32.1 Å². The van der Waals surface area contributed by atoms with Gasteiger partial charge in [0, 0.05) is 25.5 Å². The van der Waals surface area contributed by atoms with Crippen molar-refractivity contribution in [2.75, 3.05) is 36.5 Å². The van der Waals surface area contributed by atoms with Gasteiger partial charge in [-0.25, -0.2) is 18.3 Å². The molecule has 0 bridgehead atoms. The van der Waals surface area contributed by atoms with Gasteiger partial charge in [-0.05, 0) is 26.8 Å². The Hall–Kier alpha value is -3.08. The van der Waals surface area contributed by atoms with Crippen LogP contribution >= 0.6 is 0 Å². The van der Waals surface area contributed by atoms with E-state index in [0.29, 0.717) is 5.65 Å². The lowest BCUT2D eigenvalue weighted by molar-refractivity contribution is -0.127. The molecular formula is C20H23F2N7O2. The zero-order valence-corrected chi connectivity index (χ0v) is 17.5. The van der Waals surface area contributed by atoms with Crippen molar-refractivity contribution < 1.29 is 18.3 Å². The topological polar surface area (TPSA) is 89.6 Å². The molecule has 5 heterocycles. The van der Waals surface area contributed by atoms with Crippen molar-refractivity contribution in [3.05, 3.63) is 35.9 Å². The molecule has 2 saturated heterocycles. The normalized spacial score (nSPS) is 17.8. The predicted molar refractivity (Wildman–Crippen MR) is 109 cm³/mol. The Labute approximate surface area is 177 Å². The van der Waals surface area contributed by atoms with Crippen molar-refractivity contribution in [2.45, 2.75) is 32.7 Å². The van der Waals surface area contributed by atoms with Gasteiger partial charge in [0.1, 0.15) is 11.4 Å². The van der Waals surface area contributed by atoms with Crippen LogP contribution in [0.3, 0.4) is 0 Å². The number of aromatic nitrogens is 5. The quantitative estimate of drug-likeness (QED) is 0.683. The molecule has 0 aliphatic carbocycles. The largest absolute Gasteiger partial charge is 0.380 e. The van der Waals surface area contributed by atoms with Crippen molar-refractivity contribution in [1.29, 1.82) is 0 Å². The van der Waals surface area contributed by atoms with E-state index in [1.807, 2.05) is 26.8 Å². The Bertz CT molecular complexity index is 1150. The molecule has 0 aromatic carbocycles. The molecule has 1 N–H and O–H groups in total.